The summed E-state index contributed by atoms with van der Waals surface area (Å²) in [6, 6.07) is 9.59. The number of carbonyl (C=O) groups is 2. The lowest BCUT2D eigenvalue weighted by Crippen LogP contribution is -2.54. The van der Waals surface area contributed by atoms with E-state index in [2.05, 4.69) is 0 Å². The van der Waals surface area contributed by atoms with E-state index < -0.39 is 18.2 Å². The summed E-state index contributed by atoms with van der Waals surface area (Å²) in [6.45, 7) is 1.87. The van der Waals surface area contributed by atoms with Crippen molar-refractivity contribution in [2.24, 2.45) is 0 Å². The van der Waals surface area contributed by atoms with E-state index in [9.17, 15) is 14.7 Å². The van der Waals surface area contributed by atoms with Gasteiger partial charge in [0.25, 0.3) is 5.91 Å². The Hall–Kier alpha value is -1.96. The number of carboxylic acids is 1. The summed E-state index contributed by atoms with van der Waals surface area (Å²) >= 11 is 0. The molecule has 0 bridgehead atoms. The van der Waals surface area contributed by atoms with Gasteiger partial charge in [-0.2, -0.15) is 0 Å². The van der Waals surface area contributed by atoms with E-state index in [4.69, 9.17) is 14.2 Å². The fraction of sp³-hybridized carbons (Fsp3) is 0.556. The molecule has 1 N–H and O–H groups in total. The number of nitrogens with zero attached hydrogens (tertiary/aromatic N) is 1. The monoisotopic (exact) mass is 349 g/mol. The predicted octanol–water partition coefficient (Wildman–Crippen LogP) is 1.06. The Bertz CT molecular complexity index is 586. The highest BCUT2D eigenvalue weighted by atomic mass is 16.6. The Labute approximate surface area is 146 Å². The van der Waals surface area contributed by atoms with Gasteiger partial charge >= 0.3 is 5.97 Å². The first-order valence-electron chi connectivity index (χ1n) is 8.55. The molecule has 1 unspecified atom stereocenters. The second-order valence-electron chi connectivity index (χ2n) is 6.26. The Morgan fingerprint density at radius 2 is 1.76 bits per heavy atom. The predicted molar refractivity (Wildman–Crippen MR) is 87.9 cm³/mol. The van der Waals surface area contributed by atoms with Crippen molar-refractivity contribution in [1.82, 2.24) is 4.90 Å². The van der Waals surface area contributed by atoms with Crippen LogP contribution in [0.15, 0.2) is 30.3 Å². The molecule has 0 aliphatic carbocycles. The minimum Gasteiger partial charge on any atom is -0.479 e. The average Bonchev–Trinajstić information content (AvgIpc) is 3.14. The Balaban J connectivity index is 1.76. The summed E-state index contributed by atoms with van der Waals surface area (Å²) in [5.41, 5.74) is 0.970. The van der Waals surface area contributed by atoms with Crippen LogP contribution in [0.4, 0.5) is 0 Å². The molecule has 2 aliphatic rings. The highest BCUT2D eigenvalue weighted by Crippen LogP contribution is 2.19. The number of aliphatic carboxylic acids is 1. The molecule has 2 fully saturated rings. The molecule has 136 valence electrons. The molecule has 2 aliphatic heterocycles. The lowest BCUT2D eigenvalue weighted by atomic mass is 10.1. The number of carbonyl (C=O) groups excluding carboxylic acids is 1. The molecule has 2 heterocycles. The van der Waals surface area contributed by atoms with Crippen molar-refractivity contribution in [2.75, 3.05) is 26.4 Å². The number of hydrogen-bond donors (Lipinski definition) is 1. The van der Waals surface area contributed by atoms with Crippen LogP contribution in [0, 0.1) is 0 Å². The molecule has 3 rings (SSSR count). The fourth-order valence-corrected chi connectivity index (χ4v) is 3.18. The van der Waals surface area contributed by atoms with Crippen LogP contribution in [0.2, 0.25) is 0 Å². The van der Waals surface area contributed by atoms with Crippen LogP contribution in [0.5, 0.6) is 0 Å². The molecule has 1 amide bonds. The fourth-order valence-electron chi connectivity index (χ4n) is 3.18. The minimum atomic E-state index is -1.27. The maximum absolute atomic E-state index is 13.0. The van der Waals surface area contributed by atoms with E-state index in [-0.39, 0.29) is 25.2 Å². The van der Waals surface area contributed by atoms with Crippen molar-refractivity contribution in [2.45, 2.75) is 37.7 Å². The number of benzene rings is 1. The van der Waals surface area contributed by atoms with E-state index in [0.29, 0.717) is 19.7 Å². The second-order valence-corrected chi connectivity index (χ2v) is 6.26. The summed E-state index contributed by atoms with van der Waals surface area (Å²) in [6.07, 6.45) is -0.567. The standard InChI is InChI=1S/C18H23NO6/c20-17(15-16(18(21)22)25-10-9-24-15)19(12-14-7-4-8-23-14)11-13-5-2-1-3-6-13/h1-3,5-6,14-16H,4,7-12H2,(H,21,22)/t14?,15-,16+/m0/s1. The van der Waals surface area contributed by atoms with Gasteiger partial charge in [0.1, 0.15) is 0 Å². The van der Waals surface area contributed by atoms with Crippen LogP contribution in [-0.4, -0.2) is 66.6 Å². The summed E-state index contributed by atoms with van der Waals surface area (Å²) in [5, 5.41) is 9.31. The summed E-state index contributed by atoms with van der Waals surface area (Å²) < 4.78 is 16.3. The van der Waals surface area contributed by atoms with Crippen LogP contribution in [0.1, 0.15) is 18.4 Å². The molecule has 3 atom stereocenters. The van der Waals surface area contributed by atoms with Gasteiger partial charge in [0.2, 0.25) is 0 Å². The van der Waals surface area contributed by atoms with Crippen LogP contribution in [-0.2, 0) is 30.3 Å². The molecular formula is C18H23NO6. The maximum atomic E-state index is 13.0. The lowest BCUT2D eigenvalue weighted by molar-refractivity contribution is -0.190. The topological polar surface area (TPSA) is 85.3 Å². The molecule has 7 nitrogen and oxygen atoms in total. The van der Waals surface area contributed by atoms with Crippen molar-refractivity contribution in [3.8, 4) is 0 Å². The van der Waals surface area contributed by atoms with Gasteiger partial charge in [0, 0.05) is 19.7 Å². The zero-order chi connectivity index (χ0) is 17.6. The maximum Gasteiger partial charge on any atom is 0.336 e. The van der Waals surface area contributed by atoms with Crippen LogP contribution < -0.4 is 0 Å². The summed E-state index contributed by atoms with van der Waals surface area (Å²) in [7, 11) is 0. The molecule has 0 saturated carbocycles. The molecule has 1 aromatic rings. The van der Waals surface area contributed by atoms with Crippen LogP contribution >= 0.6 is 0 Å². The quantitative estimate of drug-likeness (QED) is 0.827. The third-order valence-corrected chi connectivity index (χ3v) is 4.42. The van der Waals surface area contributed by atoms with Gasteiger partial charge in [-0.05, 0) is 18.4 Å². The van der Waals surface area contributed by atoms with E-state index in [1.807, 2.05) is 30.3 Å². The van der Waals surface area contributed by atoms with Crippen molar-refractivity contribution in [3.05, 3.63) is 35.9 Å². The average molecular weight is 349 g/mol. The first kappa shape index (κ1) is 17.8. The Morgan fingerprint density at radius 1 is 1.04 bits per heavy atom. The SMILES string of the molecule is O=C(O)[C@@H]1OCCO[C@@H]1C(=O)N(Cc1ccccc1)CC1CCCO1. The van der Waals surface area contributed by atoms with Gasteiger partial charge in [0.05, 0.1) is 19.3 Å². The Morgan fingerprint density at radius 3 is 2.40 bits per heavy atom. The second kappa shape index (κ2) is 8.42. The van der Waals surface area contributed by atoms with Gasteiger partial charge in [-0.1, -0.05) is 30.3 Å². The van der Waals surface area contributed by atoms with Crippen LogP contribution in [0.3, 0.4) is 0 Å². The normalized spacial score (nSPS) is 26.3. The lowest BCUT2D eigenvalue weighted by Gasteiger charge is -2.33. The number of carboxylic acid groups (broad SMARTS) is 1. The number of amides is 1. The van der Waals surface area contributed by atoms with E-state index >= 15 is 0 Å². The van der Waals surface area contributed by atoms with E-state index in [1.165, 1.54) is 0 Å². The highest BCUT2D eigenvalue weighted by molar-refractivity contribution is 5.88. The van der Waals surface area contributed by atoms with E-state index in [1.54, 1.807) is 4.90 Å². The van der Waals surface area contributed by atoms with E-state index in [0.717, 1.165) is 18.4 Å². The molecule has 1 aromatic carbocycles. The molecule has 25 heavy (non-hydrogen) atoms. The highest BCUT2D eigenvalue weighted by Gasteiger charge is 2.41. The number of ether oxygens (including phenoxy) is 3. The number of hydrogen-bond acceptors (Lipinski definition) is 5. The minimum absolute atomic E-state index is 0.0274. The zero-order valence-electron chi connectivity index (χ0n) is 14.0. The Kier molecular flexibility index (Phi) is 6.01. The summed E-state index contributed by atoms with van der Waals surface area (Å²) in [5.74, 6) is -1.55. The van der Waals surface area contributed by atoms with Crippen molar-refractivity contribution in [1.29, 1.82) is 0 Å². The smallest absolute Gasteiger partial charge is 0.336 e. The van der Waals surface area contributed by atoms with Gasteiger partial charge < -0.3 is 24.2 Å². The molecule has 2 saturated heterocycles. The molecular weight excluding hydrogens is 326 g/mol. The number of rotatable bonds is 6. The van der Waals surface area contributed by atoms with Gasteiger partial charge in [-0.15, -0.1) is 0 Å². The summed E-state index contributed by atoms with van der Waals surface area (Å²) in [4.78, 5) is 26.0. The first-order valence-corrected chi connectivity index (χ1v) is 8.55. The van der Waals surface area contributed by atoms with Crippen molar-refractivity contribution < 1.29 is 28.9 Å². The third-order valence-electron chi connectivity index (χ3n) is 4.42. The molecule has 0 spiro atoms. The molecule has 7 heteroatoms. The van der Waals surface area contributed by atoms with Crippen molar-refractivity contribution >= 4 is 11.9 Å². The van der Waals surface area contributed by atoms with Gasteiger partial charge in [-0.3, -0.25) is 4.79 Å². The zero-order valence-corrected chi connectivity index (χ0v) is 14.0. The molecule has 0 aromatic heterocycles. The van der Waals surface area contributed by atoms with Gasteiger partial charge in [0.15, 0.2) is 12.2 Å². The first-order chi connectivity index (χ1) is 12.1. The largest absolute Gasteiger partial charge is 0.479 e. The van der Waals surface area contributed by atoms with Crippen LogP contribution in [0.25, 0.3) is 0 Å². The third kappa shape index (κ3) is 4.56. The molecule has 0 radical (unpaired) electrons. The van der Waals surface area contributed by atoms with Crippen molar-refractivity contribution in [3.63, 3.8) is 0 Å². The van der Waals surface area contributed by atoms with Gasteiger partial charge in [-0.25, -0.2) is 4.79 Å².